The van der Waals surface area contributed by atoms with E-state index >= 15 is 0 Å². The van der Waals surface area contributed by atoms with Crippen LogP contribution in [0.25, 0.3) is 22.0 Å². The lowest BCUT2D eigenvalue weighted by atomic mass is 9.83. The number of pyridine rings is 1. The number of fused-ring (bicyclic) bond motifs is 1. The van der Waals surface area contributed by atoms with E-state index in [4.69, 9.17) is 28.9 Å². The van der Waals surface area contributed by atoms with E-state index in [1.807, 2.05) is 72.3 Å². The normalized spacial score (nSPS) is 12.2. The lowest BCUT2D eigenvalue weighted by Gasteiger charge is -2.24. The maximum absolute atomic E-state index is 14.1. The van der Waals surface area contributed by atoms with Gasteiger partial charge in [-0.3, -0.25) is 4.79 Å². The molecule has 3 aromatic carbocycles. The molecule has 2 N–H and O–H groups in total. The Morgan fingerprint density at radius 1 is 0.941 bits per heavy atom. The number of hydrogen-bond acceptors (Lipinski definition) is 3. The second-order valence-electron chi connectivity index (χ2n) is 8.35. The summed E-state index contributed by atoms with van der Waals surface area (Å²) in [6, 6.07) is 20.7. The Bertz CT molecular complexity index is 1590. The minimum Gasteiger partial charge on any atom is -0.399 e. The van der Waals surface area contributed by atoms with E-state index in [-0.39, 0.29) is 5.56 Å². The van der Waals surface area contributed by atoms with Gasteiger partial charge in [-0.15, -0.1) is 0 Å². The lowest BCUT2D eigenvalue weighted by molar-refractivity contribution is 0.774. The molecular formula is C27H22Cl2N4O. The molecule has 5 aromatic rings. The Morgan fingerprint density at radius 2 is 1.71 bits per heavy atom. The molecule has 0 saturated heterocycles. The predicted octanol–water partition coefficient (Wildman–Crippen LogP) is 6.01. The summed E-state index contributed by atoms with van der Waals surface area (Å²) < 4.78 is 3.61. The highest BCUT2D eigenvalue weighted by Gasteiger charge is 2.29. The third-order valence-corrected chi connectivity index (χ3v) is 6.70. The van der Waals surface area contributed by atoms with Crippen LogP contribution in [0.1, 0.15) is 22.7 Å². The molecule has 0 aliphatic carbocycles. The first-order valence-corrected chi connectivity index (χ1v) is 11.5. The first kappa shape index (κ1) is 22.3. The molecule has 0 fully saturated rings. The van der Waals surface area contributed by atoms with E-state index in [9.17, 15) is 4.79 Å². The molecule has 0 radical (unpaired) electrons. The van der Waals surface area contributed by atoms with Crippen molar-refractivity contribution >= 4 is 39.8 Å². The van der Waals surface area contributed by atoms with Crippen LogP contribution in [0.2, 0.25) is 10.0 Å². The van der Waals surface area contributed by atoms with Gasteiger partial charge in [0.05, 0.1) is 17.8 Å². The average Bonchev–Trinajstić information content (AvgIpc) is 3.24. The largest absolute Gasteiger partial charge is 0.399 e. The summed E-state index contributed by atoms with van der Waals surface area (Å²) in [4.78, 5) is 18.4. The molecule has 5 nitrogen and oxygen atoms in total. The van der Waals surface area contributed by atoms with Gasteiger partial charge in [0.15, 0.2) is 0 Å². The number of halogens is 2. The zero-order valence-corrected chi connectivity index (χ0v) is 20.2. The van der Waals surface area contributed by atoms with Crippen molar-refractivity contribution in [2.24, 2.45) is 14.1 Å². The number of anilines is 1. The highest BCUT2D eigenvalue weighted by molar-refractivity contribution is 6.31. The Balaban J connectivity index is 1.98. The number of aromatic nitrogens is 3. The smallest absolute Gasteiger partial charge is 0.255 e. The second kappa shape index (κ2) is 8.67. The van der Waals surface area contributed by atoms with E-state index in [0.29, 0.717) is 21.3 Å². The molecule has 5 rings (SSSR count). The van der Waals surface area contributed by atoms with Crippen LogP contribution in [0.5, 0.6) is 0 Å². The van der Waals surface area contributed by atoms with Gasteiger partial charge in [-0.2, -0.15) is 0 Å². The minimum absolute atomic E-state index is 0.103. The molecule has 7 heteroatoms. The fourth-order valence-corrected chi connectivity index (χ4v) is 4.91. The van der Waals surface area contributed by atoms with Gasteiger partial charge in [-0.1, -0.05) is 47.5 Å². The van der Waals surface area contributed by atoms with E-state index in [0.717, 1.165) is 33.3 Å². The van der Waals surface area contributed by atoms with Crippen molar-refractivity contribution in [3.63, 3.8) is 0 Å². The van der Waals surface area contributed by atoms with Crippen molar-refractivity contribution in [2.45, 2.75) is 5.92 Å². The van der Waals surface area contributed by atoms with Crippen molar-refractivity contribution in [2.75, 3.05) is 5.73 Å². The van der Waals surface area contributed by atoms with Crippen LogP contribution in [0.3, 0.4) is 0 Å². The van der Waals surface area contributed by atoms with Gasteiger partial charge in [-0.25, -0.2) is 4.98 Å². The molecule has 0 aliphatic rings. The molecule has 1 unspecified atom stereocenters. The van der Waals surface area contributed by atoms with Gasteiger partial charge >= 0.3 is 0 Å². The molecule has 34 heavy (non-hydrogen) atoms. The van der Waals surface area contributed by atoms with Crippen LogP contribution >= 0.6 is 23.2 Å². The molecule has 0 bridgehead atoms. The first-order chi connectivity index (χ1) is 16.3. The van der Waals surface area contributed by atoms with Gasteiger partial charge in [0, 0.05) is 58.2 Å². The van der Waals surface area contributed by atoms with Crippen LogP contribution in [0.4, 0.5) is 5.69 Å². The highest BCUT2D eigenvalue weighted by atomic mass is 35.5. The van der Waals surface area contributed by atoms with E-state index < -0.39 is 5.92 Å². The second-order valence-corrected chi connectivity index (χ2v) is 9.23. The maximum Gasteiger partial charge on any atom is 0.255 e. The summed E-state index contributed by atoms with van der Waals surface area (Å²) in [5, 5.41) is 2.09. The predicted molar refractivity (Wildman–Crippen MR) is 140 cm³/mol. The fourth-order valence-electron chi connectivity index (χ4n) is 4.60. The average molecular weight is 489 g/mol. The SMILES string of the molecule is Cn1cncc1C(c1ccc(Cl)cc1)c1c(-c2cccc(Cl)c2)c2cc(N)ccc2n(C)c1=O. The maximum atomic E-state index is 14.1. The number of benzene rings is 3. The quantitative estimate of drug-likeness (QED) is 0.315. The van der Waals surface area contributed by atoms with Gasteiger partial charge in [0.25, 0.3) is 5.56 Å². The van der Waals surface area contributed by atoms with Gasteiger partial charge < -0.3 is 14.9 Å². The topological polar surface area (TPSA) is 65.8 Å². The number of rotatable bonds is 4. The lowest BCUT2D eigenvalue weighted by Crippen LogP contribution is -2.27. The summed E-state index contributed by atoms with van der Waals surface area (Å²) in [7, 11) is 3.71. The van der Waals surface area contributed by atoms with Crippen molar-refractivity contribution in [1.82, 2.24) is 14.1 Å². The third kappa shape index (κ3) is 3.77. The van der Waals surface area contributed by atoms with Crippen molar-refractivity contribution in [3.8, 4) is 11.1 Å². The Kier molecular flexibility index (Phi) is 5.68. The van der Waals surface area contributed by atoms with Crippen molar-refractivity contribution in [3.05, 3.63) is 116 Å². The first-order valence-electron chi connectivity index (χ1n) is 10.7. The van der Waals surface area contributed by atoms with E-state index in [1.54, 1.807) is 30.2 Å². The van der Waals surface area contributed by atoms with E-state index in [1.165, 1.54) is 0 Å². The molecule has 2 heterocycles. The molecule has 0 aliphatic heterocycles. The zero-order valence-electron chi connectivity index (χ0n) is 18.7. The van der Waals surface area contributed by atoms with Crippen LogP contribution in [-0.4, -0.2) is 14.1 Å². The Morgan fingerprint density at radius 3 is 2.38 bits per heavy atom. The summed E-state index contributed by atoms with van der Waals surface area (Å²) in [5.41, 5.74) is 11.6. The Hall–Kier alpha value is -3.54. The van der Waals surface area contributed by atoms with E-state index in [2.05, 4.69) is 4.98 Å². The molecule has 2 aromatic heterocycles. The Labute approximate surface area is 207 Å². The standard InChI is InChI=1S/C27H22Cl2N4O/c1-32-15-31-14-23(32)25(16-6-8-18(28)9-7-16)26-24(17-4-3-5-19(29)12-17)21-13-20(30)10-11-22(21)33(2)27(26)34/h3-15,25H,30H2,1-2H3. The van der Waals surface area contributed by atoms with Gasteiger partial charge in [0.2, 0.25) is 0 Å². The number of nitrogens with two attached hydrogens (primary N) is 1. The monoisotopic (exact) mass is 488 g/mol. The minimum atomic E-state index is -0.400. The van der Waals surface area contributed by atoms with Gasteiger partial charge in [-0.05, 0) is 53.6 Å². The molecular weight excluding hydrogens is 467 g/mol. The van der Waals surface area contributed by atoms with Crippen molar-refractivity contribution in [1.29, 1.82) is 0 Å². The molecule has 170 valence electrons. The zero-order chi connectivity index (χ0) is 24.0. The summed E-state index contributed by atoms with van der Waals surface area (Å²) >= 11 is 12.6. The summed E-state index contributed by atoms with van der Waals surface area (Å²) in [5.74, 6) is -0.400. The molecule has 0 spiro atoms. The molecule has 0 saturated carbocycles. The summed E-state index contributed by atoms with van der Waals surface area (Å²) in [6.07, 6.45) is 3.53. The van der Waals surface area contributed by atoms with Crippen LogP contribution in [-0.2, 0) is 14.1 Å². The van der Waals surface area contributed by atoms with Crippen LogP contribution in [0.15, 0.2) is 84.0 Å². The van der Waals surface area contributed by atoms with Gasteiger partial charge in [0.1, 0.15) is 0 Å². The number of hydrogen-bond donors (Lipinski definition) is 1. The van der Waals surface area contributed by atoms with Crippen molar-refractivity contribution < 1.29 is 0 Å². The summed E-state index contributed by atoms with van der Waals surface area (Å²) in [6.45, 7) is 0. The van der Waals surface area contributed by atoms with Crippen LogP contribution in [0, 0.1) is 0 Å². The number of nitrogens with zero attached hydrogens (tertiary/aromatic N) is 3. The van der Waals surface area contributed by atoms with Crippen LogP contribution < -0.4 is 11.3 Å². The number of nitrogen functional groups attached to an aromatic ring is 1. The highest BCUT2D eigenvalue weighted by Crippen LogP contribution is 2.40. The molecule has 0 amide bonds. The number of aryl methyl sites for hydroxylation is 2. The number of imidazole rings is 1. The fraction of sp³-hybridized carbons (Fsp3) is 0.111. The third-order valence-electron chi connectivity index (χ3n) is 6.21. The molecule has 1 atom stereocenters.